The van der Waals surface area contributed by atoms with Gasteiger partial charge in [0.1, 0.15) is 17.8 Å². The molecule has 0 unspecified atom stereocenters. The van der Waals surface area contributed by atoms with E-state index >= 15 is 0 Å². The number of nitrogens with two attached hydrogens (primary N) is 1. The van der Waals surface area contributed by atoms with Crippen molar-refractivity contribution in [2.75, 3.05) is 18.8 Å². The van der Waals surface area contributed by atoms with Crippen molar-refractivity contribution in [2.24, 2.45) is 0 Å². The second-order valence-corrected chi connectivity index (χ2v) is 11.3. The number of carbonyl (C=O) groups is 1. The number of hydrogen-bond acceptors (Lipinski definition) is 7. The van der Waals surface area contributed by atoms with Crippen molar-refractivity contribution in [1.82, 2.24) is 29.4 Å². The highest BCUT2D eigenvalue weighted by molar-refractivity contribution is 7.89. The Balaban J connectivity index is 1.41. The first-order chi connectivity index (χ1) is 19.5. The molecule has 2 aromatic heterocycles. The molecule has 0 spiro atoms. The zero-order valence-electron chi connectivity index (χ0n) is 21.7. The third-order valence-electron chi connectivity index (χ3n) is 6.92. The number of benzene rings is 2. The number of fused-ring (bicyclic) bond motifs is 1. The Morgan fingerprint density at radius 3 is 2.59 bits per heavy atom. The first kappa shape index (κ1) is 28.2. The number of anilines is 1. The molecule has 0 saturated carbocycles. The molecule has 2 aromatic carbocycles. The molecule has 1 aliphatic rings. The van der Waals surface area contributed by atoms with Crippen LogP contribution in [0, 0.1) is 0 Å². The lowest BCUT2D eigenvalue weighted by Crippen LogP contribution is -2.40. The average Bonchev–Trinajstić information content (AvgIpc) is 3.37. The summed E-state index contributed by atoms with van der Waals surface area (Å²) in [6, 6.07) is 10.6. The number of alkyl halides is 3. The summed E-state index contributed by atoms with van der Waals surface area (Å²) in [5.74, 6) is 0.0693. The lowest BCUT2D eigenvalue weighted by molar-refractivity contribution is -0.139. The number of piperidine rings is 1. The molecule has 5 rings (SSSR count). The van der Waals surface area contributed by atoms with E-state index in [1.165, 1.54) is 18.5 Å². The second kappa shape index (κ2) is 10.9. The molecule has 3 heterocycles. The Kier molecular flexibility index (Phi) is 7.53. The normalized spacial score (nSPS) is 16.2. The number of halogens is 3. The van der Waals surface area contributed by atoms with Crippen LogP contribution in [-0.2, 0) is 27.5 Å². The Labute approximate surface area is 233 Å². The van der Waals surface area contributed by atoms with Gasteiger partial charge in [-0.3, -0.25) is 4.79 Å². The van der Waals surface area contributed by atoms with Gasteiger partial charge >= 0.3 is 6.18 Å². The van der Waals surface area contributed by atoms with Gasteiger partial charge in [-0.05, 0) is 36.6 Å². The fourth-order valence-corrected chi connectivity index (χ4v) is 6.15. The lowest BCUT2D eigenvalue weighted by Gasteiger charge is -2.32. The fourth-order valence-electron chi connectivity index (χ4n) is 4.91. The van der Waals surface area contributed by atoms with Gasteiger partial charge < -0.3 is 10.6 Å². The molecule has 1 saturated heterocycles. The van der Waals surface area contributed by atoms with Crippen molar-refractivity contribution < 1.29 is 26.4 Å². The van der Waals surface area contributed by atoms with E-state index in [2.05, 4.69) is 21.3 Å². The second-order valence-electron chi connectivity index (χ2n) is 9.55. The SMILES string of the molecule is C=CC(=O)N1CCC[C@@H](n2nc(-c3ccc(CNS(=O)(=O)c4ccccc4C(F)(F)F)cc3)c3c(N)ncnc32)C1. The van der Waals surface area contributed by atoms with Crippen LogP contribution in [0.5, 0.6) is 0 Å². The molecule has 3 N–H and O–H groups in total. The molecule has 1 fully saturated rings. The van der Waals surface area contributed by atoms with Crippen LogP contribution in [0.4, 0.5) is 19.0 Å². The largest absolute Gasteiger partial charge is 0.417 e. The molecule has 0 bridgehead atoms. The van der Waals surface area contributed by atoms with E-state index in [0.29, 0.717) is 40.9 Å². The van der Waals surface area contributed by atoms with Gasteiger partial charge in [-0.15, -0.1) is 0 Å². The van der Waals surface area contributed by atoms with Gasteiger partial charge in [0, 0.05) is 25.2 Å². The Morgan fingerprint density at radius 1 is 1.15 bits per heavy atom. The minimum absolute atomic E-state index is 0.147. The highest BCUT2D eigenvalue weighted by atomic mass is 32.2. The number of rotatable bonds is 7. The summed E-state index contributed by atoms with van der Waals surface area (Å²) in [6.45, 7) is 4.39. The molecule has 4 aromatic rings. The molecule has 0 radical (unpaired) electrons. The lowest BCUT2D eigenvalue weighted by atomic mass is 10.1. The van der Waals surface area contributed by atoms with Crippen LogP contribution in [-0.4, -0.2) is 52.1 Å². The van der Waals surface area contributed by atoms with Crippen molar-refractivity contribution in [3.05, 3.63) is 78.6 Å². The first-order valence-corrected chi connectivity index (χ1v) is 14.1. The Morgan fingerprint density at radius 2 is 1.88 bits per heavy atom. The highest BCUT2D eigenvalue weighted by Gasteiger charge is 2.36. The van der Waals surface area contributed by atoms with Crippen LogP contribution in [0.3, 0.4) is 0 Å². The van der Waals surface area contributed by atoms with Gasteiger partial charge in [-0.1, -0.05) is 43.0 Å². The topological polar surface area (TPSA) is 136 Å². The first-order valence-electron chi connectivity index (χ1n) is 12.6. The number of likely N-dealkylation sites (tertiary alicyclic amines) is 1. The van der Waals surface area contributed by atoms with Gasteiger partial charge in [0.05, 0.1) is 21.9 Å². The minimum atomic E-state index is -4.82. The van der Waals surface area contributed by atoms with Crippen molar-refractivity contribution in [3.63, 3.8) is 0 Å². The molecule has 0 aliphatic carbocycles. The van der Waals surface area contributed by atoms with Crippen LogP contribution in [0.15, 0.2) is 72.4 Å². The van der Waals surface area contributed by atoms with Crippen molar-refractivity contribution >= 4 is 32.8 Å². The number of nitrogen functional groups attached to an aromatic ring is 1. The number of amides is 1. The van der Waals surface area contributed by atoms with Gasteiger partial charge in [-0.2, -0.15) is 18.3 Å². The van der Waals surface area contributed by atoms with E-state index in [0.717, 1.165) is 31.0 Å². The maximum atomic E-state index is 13.3. The fraction of sp³-hybridized carbons (Fsp3) is 0.259. The smallest absolute Gasteiger partial charge is 0.383 e. The Hall–Kier alpha value is -4.30. The Bertz CT molecular complexity index is 1720. The van der Waals surface area contributed by atoms with E-state index in [1.54, 1.807) is 33.8 Å². The molecular formula is C27H26F3N7O3S. The summed E-state index contributed by atoms with van der Waals surface area (Å²) >= 11 is 0. The molecule has 1 atom stereocenters. The van der Waals surface area contributed by atoms with Gasteiger partial charge in [0.2, 0.25) is 15.9 Å². The molecule has 10 nitrogen and oxygen atoms in total. The van der Waals surface area contributed by atoms with E-state index in [-0.39, 0.29) is 24.3 Å². The van der Waals surface area contributed by atoms with Crippen LogP contribution < -0.4 is 10.5 Å². The quantitative estimate of drug-likeness (QED) is 0.314. The van der Waals surface area contributed by atoms with E-state index in [1.807, 2.05) is 0 Å². The van der Waals surface area contributed by atoms with Gasteiger partial charge in [0.15, 0.2) is 5.65 Å². The molecule has 1 aliphatic heterocycles. The summed E-state index contributed by atoms with van der Waals surface area (Å²) in [6.07, 6.45) is -0.633. The van der Waals surface area contributed by atoms with E-state index in [4.69, 9.17) is 10.8 Å². The van der Waals surface area contributed by atoms with Crippen molar-refractivity contribution in [3.8, 4) is 11.3 Å². The molecular weight excluding hydrogens is 559 g/mol. The van der Waals surface area contributed by atoms with Gasteiger partial charge in [0.25, 0.3) is 0 Å². The predicted molar refractivity (Wildman–Crippen MR) is 146 cm³/mol. The molecule has 41 heavy (non-hydrogen) atoms. The maximum absolute atomic E-state index is 13.3. The number of hydrogen-bond donors (Lipinski definition) is 2. The predicted octanol–water partition coefficient (Wildman–Crippen LogP) is 3.92. The van der Waals surface area contributed by atoms with Crippen molar-refractivity contribution in [1.29, 1.82) is 0 Å². The average molecular weight is 586 g/mol. The number of nitrogens with zero attached hydrogens (tertiary/aromatic N) is 5. The summed E-state index contributed by atoms with van der Waals surface area (Å²) in [4.78, 5) is 21.6. The summed E-state index contributed by atoms with van der Waals surface area (Å²) < 4.78 is 69.4. The zero-order chi connectivity index (χ0) is 29.4. The molecule has 214 valence electrons. The number of nitrogens with one attached hydrogen (secondary N) is 1. The minimum Gasteiger partial charge on any atom is -0.383 e. The third-order valence-corrected chi connectivity index (χ3v) is 8.38. The number of carbonyl (C=O) groups excluding carboxylic acids is 1. The maximum Gasteiger partial charge on any atom is 0.417 e. The summed E-state index contributed by atoms with van der Waals surface area (Å²) in [5.41, 5.74) is 7.18. The van der Waals surface area contributed by atoms with Gasteiger partial charge in [-0.25, -0.2) is 27.8 Å². The monoisotopic (exact) mass is 585 g/mol. The van der Waals surface area contributed by atoms with Crippen LogP contribution in [0.2, 0.25) is 0 Å². The molecule has 1 amide bonds. The van der Waals surface area contributed by atoms with E-state index in [9.17, 15) is 26.4 Å². The summed E-state index contributed by atoms with van der Waals surface area (Å²) in [7, 11) is -4.44. The highest BCUT2D eigenvalue weighted by Crippen LogP contribution is 2.35. The van der Waals surface area contributed by atoms with Crippen LogP contribution in [0.1, 0.15) is 30.0 Å². The standard InChI is InChI=1S/C27H26F3N7O3S/c1-2-22(38)36-13-5-6-19(15-36)37-26-23(25(31)32-16-33-26)24(35-37)18-11-9-17(10-12-18)14-34-41(39,40)21-8-4-3-7-20(21)27(28,29)30/h2-4,7-12,16,19,34H,1,5-6,13-15H2,(H2,31,32,33)/t19-/m1/s1. The zero-order valence-corrected chi connectivity index (χ0v) is 22.5. The summed E-state index contributed by atoms with van der Waals surface area (Å²) in [5, 5.41) is 5.34. The number of sulfonamides is 1. The third kappa shape index (κ3) is 5.65. The van der Waals surface area contributed by atoms with E-state index < -0.39 is 26.7 Å². The molecule has 14 heteroatoms. The number of aromatic nitrogens is 4. The van der Waals surface area contributed by atoms with Crippen molar-refractivity contribution in [2.45, 2.75) is 36.5 Å². The van der Waals surface area contributed by atoms with Crippen LogP contribution >= 0.6 is 0 Å². The van der Waals surface area contributed by atoms with Crippen LogP contribution in [0.25, 0.3) is 22.3 Å².